The lowest BCUT2D eigenvalue weighted by Gasteiger charge is -2.43. The minimum absolute atomic E-state index is 0.641. The van der Waals surface area contributed by atoms with Crippen molar-refractivity contribution in [3.63, 3.8) is 0 Å². The molecule has 0 unspecified atom stereocenters. The molecule has 0 saturated carbocycles. The van der Waals surface area contributed by atoms with Crippen molar-refractivity contribution in [1.29, 1.82) is 0 Å². The van der Waals surface area contributed by atoms with E-state index in [2.05, 4.69) is 289 Å². The third-order valence-corrected chi connectivity index (χ3v) is 33.4. The Bertz CT molecular complexity index is 2930. The van der Waals surface area contributed by atoms with Gasteiger partial charge in [-0.05, 0) is 77.2 Å². The molecule has 0 atom stereocenters. The van der Waals surface area contributed by atoms with E-state index in [1.165, 1.54) is 71.2 Å². The summed E-state index contributed by atoms with van der Waals surface area (Å²) in [7, 11) is -6.73. The van der Waals surface area contributed by atoms with Crippen molar-refractivity contribution < 1.29 is 0 Å². The molecule has 0 fully saturated rings. The fraction of sp³-hybridized carbons (Fsp3) is 0.217. The lowest BCUT2D eigenvalue weighted by molar-refractivity contribution is 0.835. The highest BCUT2D eigenvalue weighted by Crippen LogP contribution is 2.42. The maximum Gasteiger partial charge on any atom is 0.0996 e. The van der Waals surface area contributed by atoms with Gasteiger partial charge >= 0.3 is 0 Å². The molecule has 1 nitrogen and oxygen atoms in total. The summed E-state index contributed by atoms with van der Waals surface area (Å²) in [5.41, 5.74) is 14.3. The molecule has 1 heterocycles. The predicted molar refractivity (Wildman–Crippen MR) is 323 cm³/mol. The van der Waals surface area contributed by atoms with Crippen LogP contribution < -0.4 is 15.6 Å². The number of aromatic nitrogens is 1. The zero-order valence-corrected chi connectivity index (χ0v) is 47.0. The minimum Gasteiger partial charge on any atom is -0.309 e. The van der Waals surface area contributed by atoms with Crippen molar-refractivity contribution in [1.82, 2.24) is 4.57 Å². The van der Waals surface area contributed by atoms with Gasteiger partial charge in [0.1, 0.15) is 0 Å². The number of benzene rings is 9. The molecule has 0 bridgehead atoms. The third kappa shape index (κ3) is 10.4. The van der Waals surface area contributed by atoms with Gasteiger partial charge in [0.05, 0.1) is 35.3 Å². The van der Waals surface area contributed by atoms with Crippen LogP contribution in [-0.4, -0.2) is 28.8 Å². The zero-order valence-electron chi connectivity index (χ0n) is 44.0. The fourth-order valence-electron chi connectivity index (χ4n) is 13.8. The standard InChI is InChI=1S/C69H73NSi3/c1-53(2)73(54(3)4,55(5)6)63-39-37-62(38-40-63)70-68-43-41-64(71(47-56-25-13-7-14-26-56,48-57-27-15-8-16-28-57)49-58-29-17-9-18-30-58)45-66(68)67-46-65(42-44-69(67)70)72(50-59-31-19-10-20-32-59,51-60-33-21-11-22-34-60)52-61-35-23-12-24-36-61/h7-46,53-55H,47-52H2,1-6H3. The molecule has 4 heteroatoms. The SMILES string of the molecule is CC(C)[Si](c1ccc(-n2c3ccc([Si](Cc4ccccc4)(Cc4ccccc4)Cc4ccccc4)cc3c3cc([Si](Cc4ccccc4)(Cc4ccccc4)Cc4ccccc4)ccc32)cc1)(C(C)C)C(C)C. The van der Waals surface area contributed by atoms with Crippen LogP contribution >= 0.6 is 0 Å². The first-order chi connectivity index (χ1) is 35.6. The molecule has 0 amide bonds. The van der Waals surface area contributed by atoms with Crippen LogP contribution in [0.1, 0.15) is 74.9 Å². The van der Waals surface area contributed by atoms with Gasteiger partial charge in [-0.15, -0.1) is 0 Å². The van der Waals surface area contributed by atoms with Crippen LogP contribution in [0.3, 0.4) is 0 Å². The first-order valence-electron chi connectivity index (χ1n) is 27.0. The Balaban J connectivity index is 1.25. The number of hydrogen-bond acceptors (Lipinski definition) is 0. The highest BCUT2D eigenvalue weighted by molar-refractivity contribution is 6.95. The van der Waals surface area contributed by atoms with Gasteiger partial charge in [0.2, 0.25) is 0 Å². The minimum atomic E-state index is -2.43. The maximum atomic E-state index is 2.69. The van der Waals surface area contributed by atoms with Crippen molar-refractivity contribution in [3.05, 3.63) is 276 Å². The molecule has 0 spiro atoms. The van der Waals surface area contributed by atoms with Crippen LogP contribution in [0.15, 0.2) is 243 Å². The van der Waals surface area contributed by atoms with Crippen molar-refractivity contribution in [2.75, 3.05) is 0 Å². The summed E-state index contributed by atoms with van der Waals surface area (Å²) < 4.78 is 2.61. The topological polar surface area (TPSA) is 4.93 Å². The summed E-state index contributed by atoms with van der Waals surface area (Å²) in [6, 6.07) is 100. The fourth-order valence-corrected chi connectivity index (χ4v) is 30.4. The van der Waals surface area contributed by atoms with Gasteiger partial charge in [0.15, 0.2) is 0 Å². The van der Waals surface area contributed by atoms with E-state index in [0.717, 1.165) is 36.3 Å². The Labute approximate surface area is 439 Å². The molecule has 10 rings (SSSR count). The zero-order chi connectivity index (χ0) is 50.4. The van der Waals surface area contributed by atoms with Gasteiger partial charge < -0.3 is 4.57 Å². The van der Waals surface area contributed by atoms with Crippen LogP contribution in [0.25, 0.3) is 27.5 Å². The highest BCUT2D eigenvalue weighted by atomic mass is 28.3. The van der Waals surface area contributed by atoms with E-state index in [1.807, 2.05) is 0 Å². The first-order valence-corrected chi connectivity index (χ1v) is 34.5. The molecule has 0 aliphatic heterocycles. The quantitative estimate of drug-likeness (QED) is 0.0712. The van der Waals surface area contributed by atoms with Gasteiger partial charge in [0, 0.05) is 16.5 Å². The van der Waals surface area contributed by atoms with E-state index in [4.69, 9.17) is 0 Å². The first kappa shape index (κ1) is 50.0. The molecule has 0 aliphatic rings. The van der Waals surface area contributed by atoms with Gasteiger partial charge in [-0.1, -0.05) is 309 Å². The molecule has 73 heavy (non-hydrogen) atoms. The monoisotopic (exact) mass is 1000 g/mol. The summed E-state index contributed by atoms with van der Waals surface area (Å²) >= 11 is 0. The maximum absolute atomic E-state index is 2.69. The van der Waals surface area contributed by atoms with E-state index >= 15 is 0 Å². The second kappa shape index (κ2) is 21.9. The number of hydrogen-bond donors (Lipinski definition) is 0. The van der Waals surface area contributed by atoms with Crippen LogP contribution in [0, 0.1) is 0 Å². The normalized spacial score (nSPS) is 12.4. The van der Waals surface area contributed by atoms with Gasteiger partial charge in [-0.2, -0.15) is 0 Å². The van der Waals surface area contributed by atoms with Gasteiger partial charge in [-0.25, -0.2) is 0 Å². The molecule has 0 aliphatic carbocycles. The van der Waals surface area contributed by atoms with E-state index in [-0.39, 0.29) is 0 Å². The molecule has 1 aromatic heterocycles. The number of rotatable bonds is 19. The Morgan fingerprint density at radius 1 is 0.288 bits per heavy atom. The second-order valence-electron chi connectivity index (χ2n) is 22.3. The lowest BCUT2D eigenvalue weighted by atomic mass is 10.1. The summed E-state index contributed by atoms with van der Waals surface area (Å²) in [6.45, 7) is 14.9. The van der Waals surface area contributed by atoms with E-state index < -0.39 is 24.2 Å². The van der Waals surface area contributed by atoms with Gasteiger partial charge in [-0.3, -0.25) is 0 Å². The predicted octanol–water partition coefficient (Wildman–Crippen LogP) is 15.7. The average Bonchev–Trinajstić information content (AvgIpc) is 3.73. The Kier molecular flexibility index (Phi) is 15.0. The largest absolute Gasteiger partial charge is 0.309 e. The average molecular weight is 1000 g/mol. The smallest absolute Gasteiger partial charge is 0.0996 e. The molecular weight excluding hydrogens is 927 g/mol. The number of fused-ring (bicyclic) bond motifs is 3. The molecule has 366 valence electrons. The second-order valence-corrected chi connectivity index (χ2v) is 36.6. The van der Waals surface area contributed by atoms with Crippen LogP contribution in [0.2, 0.25) is 16.6 Å². The summed E-state index contributed by atoms with van der Waals surface area (Å²) in [5, 5.41) is 7.36. The molecule has 0 radical (unpaired) electrons. The van der Waals surface area contributed by atoms with Crippen molar-refractivity contribution in [2.24, 2.45) is 0 Å². The Hall–Kier alpha value is -6.57. The Morgan fingerprint density at radius 3 is 0.781 bits per heavy atom. The summed E-state index contributed by atoms with van der Waals surface area (Å²) in [5.74, 6) is 0. The van der Waals surface area contributed by atoms with Crippen LogP contribution in [0.4, 0.5) is 0 Å². The van der Waals surface area contributed by atoms with Crippen molar-refractivity contribution in [2.45, 2.75) is 94.4 Å². The third-order valence-electron chi connectivity index (χ3n) is 16.8. The number of nitrogens with zero attached hydrogens (tertiary/aromatic N) is 1. The van der Waals surface area contributed by atoms with Crippen molar-refractivity contribution in [3.8, 4) is 5.69 Å². The molecule has 0 saturated heterocycles. The van der Waals surface area contributed by atoms with Crippen molar-refractivity contribution >= 4 is 61.6 Å². The van der Waals surface area contributed by atoms with E-state index in [1.54, 1.807) is 5.19 Å². The molecule has 9 aromatic carbocycles. The van der Waals surface area contributed by atoms with E-state index in [9.17, 15) is 0 Å². The Morgan fingerprint density at radius 2 is 0.534 bits per heavy atom. The molecule has 10 aromatic rings. The molecule has 0 N–H and O–H groups in total. The lowest BCUT2D eigenvalue weighted by Crippen LogP contribution is -2.55. The summed E-state index contributed by atoms with van der Waals surface area (Å²) in [6.07, 6.45) is 0. The molecular formula is C69H73NSi3. The van der Waals surface area contributed by atoms with Crippen LogP contribution in [0.5, 0.6) is 0 Å². The van der Waals surface area contributed by atoms with Gasteiger partial charge in [0.25, 0.3) is 0 Å². The van der Waals surface area contributed by atoms with E-state index in [0.29, 0.717) is 16.6 Å². The highest BCUT2D eigenvalue weighted by Gasteiger charge is 2.44. The summed E-state index contributed by atoms with van der Waals surface area (Å²) in [4.78, 5) is 0. The van der Waals surface area contributed by atoms with Crippen LogP contribution in [-0.2, 0) is 36.3 Å².